The number of nitro benzene ring substituents is 1. The van der Waals surface area contributed by atoms with Crippen molar-refractivity contribution in [2.75, 3.05) is 12.3 Å². The summed E-state index contributed by atoms with van der Waals surface area (Å²) in [6.07, 6.45) is 0.550. The van der Waals surface area contributed by atoms with Crippen LogP contribution < -0.4 is 5.73 Å². The summed E-state index contributed by atoms with van der Waals surface area (Å²) in [7, 11) is 0. The number of carbonyl (C=O) groups excluding carboxylic acids is 1. The van der Waals surface area contributed by atoms with Crippen molar-refractivity contribution in [1.29, 1.82) is 0 Å². The van der Waals surface area contributed by atoms with Gasteiger partial charge in [0.25, 0.3) is 5.69 Å². The highest BCUT2D eigenvalue weighted by Crippen LogP contribution is 2.27. The maximum absolute atomic E-state index is 13.1. The highest BCUT2D eigenvalue weighted by Gasteiger charge is 2.26. The predicted molar refractivity (Wildman–Crippen MR) is 58.0 cm³/mol. The minimum atomic E-state index is -0.990. The largest absolute Gasteiger partial charge is 0.462 e. The zero-order valence-corrected chi connectivity index (χ0v) is 9.10. The molecule has 0 fully saturated rings. The van der Waals surface area contributed by atoms with E-state index >= 15 is 0 Å². The van der Waals surface area contributed by atoms with E-state index in [1.165, 1.54) is 0 Å². The van der Waals surface area contributed by atoms with Gasteiger partial charge in [0.2, 0.25) is 0 Å². The second kappa shape index (κ2) is 5.24. The first kappa shape index (κ1) is 12.9. The van der Waals surface area contributed by atoms with Crippen molar-refractivity contribution in [3.63, 3.8) is 0 Å². The van der Waals surface area contributed by atoms with E-state index in [0.717, 1.165) is 12.1 Å². The Bertz CT molecular complexity index is 462. The van der Waals surface area contributed by atoms with Crippen LogP contribution in [0.5, 0.6) is 0 Å². The van der Waals surface area contributed by atoms with E-state index in [4.69, 9.17) is 10.5 Å². The lowest BCUT2D eigenvalue weighted by Crippen LogP contribution is -2.13. The summed E-state index contributed by atoms with van der Waals surface area (Å²) in [6, 6.07) is 1.72. The van der Waals surface area contributed by atoms with Gasteiger partial charge in [0.05, 0.1) is 17.2 Å². The molecule has 0 saturated heterocycles. The van der Waals surface area contributed by atoms with E-state index in [0.29, 0.717) is 6.42 Å². The SMILES string of the molecule is CCCOC(=O)c1c([N+](=O)[O-])ccc(F)c1N. The molecule has 0 aromatic heterocycles. The monoisotopic (exact) mass is 242 g/mol. The van der Waals surface area contributed by atoms with Crippen LogP contribution in [0.3, 0.4) is 0 Å². The van der Waals surface area contributed by atoms with Crippen molar-refractivity contribution >= 4 is 17.3 Å². The third kappa shape index (κ3) is 2.68. The maximum atomic E-state index is 13.1. The normalized spacial score (nSPS) is 10.0. The number of hydrogen-bond acceptors (Lipinski definition) is 5. The Hall–Kier alpha value is -2.18. The van der Waals surface area contributed by atoms with Gasteiger partial charge in [0.1, 0.15) is 5.82 Å². The number of carbonyl (C=O) groups is 1. The lowest BCUT2D eigenvalue weighted by molar-refractivity contribution is -0.385. The lowest BCUT2D eigenvalue weighted by Gasteiger charge is -2.07. The molecule has 0 unspecified atom stereocenters. The summed E-state index contributed by atoms with van der Waals surface area (Å²) in [5.74, 6) is -1.88. The first-order chi connectivity index (χ1) is 7.99. The highest BCUT2D eigenvalue weighted by atomic mass is 19.1. The fraction of sp³-hybridized carbons (Fsp3) is 0.300. The van der Waals surface area contributed by atoms with Crippen LogP contribution in [-0.2, 0) is 4.74 Å². The number of ether oxygens (including phenoxy) is 1. The average Bonchev–Trinajstić information content (AvgIpc) is 2.28. The number of nitrogens with zero attached hydrogens (tertiary/aromatic N) is 1. The van der Waals surface area contributed by atoms with Crippen LogP contribution in [0.4, 0.5) is 15.8 Å². The Kier molecular flexibility index (Phi) is 3.97. The molecule has 0 aliphatic heterocycles. The number of halogens is 1. The van der Waals surface area contributed by atoms with Crippen LogP contribution in [0, 0.1) is 15.9 Å². The number of esters is 1. The van der Waals surface area contributed by atoms with Gasteiger partial charge < -0.3 is 10.5 Å². The van der Waals surface area contributed by atoms with Crippen LogP contribution in [0.1, 0.15) is 23.7 Å². The molecule has 92 valence electrons. The molecule has 17 heavy (non-hydrogen) atoms. The number of anilines is 1. The van der Waals surface area contributed by atoms with E-state index in [2.05, 4.69) is 0 Å². The lowest BCUT2D eigenvalue weighted by atomic mass is 10.1. The second-order valence-corrected chi connectivity index (χ2v) is 3.25. The standard InChI is InChI=1S/C10H11FN2O4/c1-2-5-17-10(14)8-7(13(15)16)4-3-6(11)9(8)12/h3-4H,2,5,12H2,1H3. The zero-order valence-electron chi connectivity index (χ0n) is 9.10. The van der Waals surface area contributed by atoms with E-state index in [9.17, 15) is 19.3 Å². The molecular formula is C10H11FN2O4. The number of rotatable bonds is 4. The topological polar surface area (TPSA) is 95.5 Å². The van der Waals surface area contributed by atoms with Gasteiger partial charge in [-0.1, -0.05) is 6.92 Å². The van der Waals surface area contributed by atoms with Crippen LogP contribution in [0.15, 0.2) is 12.1 Å². The number of benzene rings is 1. The third-order valence-corrected chi connectivity index (χ3v) is 2.01. The van der Waals surface area contributed by atoms with Crippen LogP contribution >= 0.6 is 0 Å². The molecule has 0 aliphatic rings. The number of hydrogen-bond donors (Lipinski definition) is 1. The Morgan fingerprint density at radius 2 is 2.24 bits per heavy atom. The Morgan fingerprint density at radius 1 is 1.59 bits per heavy atom. The molecular weight excluding hydrogens is 231 g/mol. The van der Waals surface area contributed by atoms with Crippen molar-refractivity contribution in [3.8, 4) is 0 Å². The number of nitro groups is 1. The van der Waals surface area contributed by atoms with Crippen molar-refractivity contribution in [2.24, 2.45) is 0 Å². The van der Waals surface area contributed by atoms with Gasteiger partial charge in [-0.05, 0) is 12.5 Å². The average molecular weight is 242 g/mol. The predicted octanol–water partition coefficient (Wildman–Crippen LogP) is 1.88. The van der Waals surface area contributed by atoms with E-state index in [-0.39, 0.29) is 6.61 Å². The molecule has 0 radical (unpaired) electrons. The fourth-order valence-electron chi connectivity index (χ4n) is 1.22. The van der Waals surface area contributed by atoms with E-state index < -0.39 is 33.6 Å². The van der Waals surface area contributed by atoms with Crippen molar-refractivity contribution in [1.82, 2.24) is 0 Å². The van der Waals surface area contributed by atoms with Crippen LogP contribution in [0.25, 0.3) is 0 Å². The van der Waals surface area contributed by atoms with Crippen molar-refractivity contribution in [2.45, 2.75) is 13.3 Å². The highest BCUT2D eigenvalue weighted by molar-refractivity contribution is 5.99. The summed E-state index contributed by atoms with van der Waals surface area (Å²) in [6.45, 7) is 1.85. The van der Waals surface area contributed by atoms with Crippen molar-refractivity contribution in [3.05, 3.63) is 33.6 Å². The van der Waals surface area contributed by atoms with Gasteiger partial charge in [-0.2, -0.15) is 0 Å². The quantitative estimate of drug-likeness (QED) is 0.376. The van der Waals surface area contributed by atoms with E-state index in [1.807, 2.05) is 0 Å². The van der Waals surface area contributed by atoms with Crippen LogP contribution in [-0.4, -0.2) is 17.5 Å². The molecule has 0 heterocycles. The summed E-state index contributed by atoms with van der Waals surface area (Å²) >= 11 is 0. The molecule has 0 atom stereocenters. The van der Waals surface area contributed by atoms with Gasteiger partial charge in [0, 0.05) is 6.07 Å². The van der Waals surface area contributed by atoms with Gasteiger partial charge in [-0.15, -0.1) is 0 Å². The Labute approximate surface area is 96.3 Å². The summed E-state index contributed by atoms with van der Waals surface area (Å²) in [4.78, 5) is 21.4. The molecule has 6 nitrogen and oxygen atoms in total. The molecule has 0 aliphatic carbocycles. The van der Waals surface area contributed by atoms with Gasteiger partial charge in [-0.3, -0.25) is 10.1 Å². The molecule has 0 saturated carbocycles. The fourth-order valence-corrected chi connectivity index (χ4v) is 1.22. The van der Waals surface area contributed by atoms with Gasteiger partial charge in [0.15, 0.2) is 5.56 Å². The Morgan fingerprint density at radius 3 is 2.76 bits per heavy atom. The number of nitrogen functional groups attached to an aromatic ring is 1. The second-order valence-electron chi connectivity index (χ2n) is 3.25. The summed E-state index contributed by atoms with van der Waals surface area (Å²) in [5, 5.41) is 10.7. The first-order valence-corrected chi connectivity index (χ1v) is 4.88. The van der Waals surface area contributed by atoms with E-state index in [1.54, 1.807) is 6.92 Å². The zero-order chi connectivity index (χ0) is 13.0. The maximum Gasteiger partial charge on any atom is 0.347 e. The third-order valence-electron chi connectivity index (χ3n) is 2.01. The van der Waals surface area contributed by atoms with Crippen LogP contribution in [0.2, 0.25) is 0 Å². The molecule has 0 bridgehead atoms. The first-order valence-electron chi connectivity index (χ1n) is 4.88. The van der Waals surface area contributed by atoms with Gasteiger partial charge in [-0.25, -0.2) is 9.18 Å². The molecule has 1 aromatic carbocycles. The number of nitrogens with two attached hydrogens (primary N) is 1. The van der Waals surface area contributed by atoms with Crippen molar-refractivity contribution < 1.29 is 18.8 Å². The molecule has 1 rings (SSSR count). The van der Waals surface area contributed by atoms with Gasteiger partial charge >= 0.3 is 5.97 Å². The summed E-state index contributed by atoms with van der Waals surface area (Å²) < 4.78 is 17.9. The minimum Gasteiger partial charge on any atom is -0.462 e. The molecule has 2 N–H and O–H groups in total. The smallest absolute Gasteiger partial charge is 0.347 e. The molecule has 1 aromatic rings. The summed E-state index contributed by atoms with van der Waals surface area (Å²) in [5.41, 5.74) is 3.64. The Balaban J connectivity index is 3.23. The molecule has 0 amide bonds. The minimum absolute atomic E-state index is 0.0892. The molecule has 7 heteroatoms. The molecule has 0 spiro atoms.